The van der Waals surface area contributed by atoms with Crippen LogP contribution in [0.3, 0.4) is 0 Å². The van der Waals surface area contributed by atoms with Gasteiger partial charge in [0.2, 0.25) is 0 Å². The molecule has 3 aromatic rings. The minimum absolute atomic E-state index is 0.0936. The topological polar surface area (TPSA) is 91.3 Å². The summed E-state index contributed by atoms with van der Waals surface area (Å²) in [5.41, 5.74) is -2.48. The summed E-state index contributed by atoms with van der Waals surface area (Å²) in [6.45, 7) is 0. The fourth-order valence-electron chi connectivity index (χ4n) is 5.05. The number of hydrogen-bond donors (Lipinski definition) is 3. The van der Waals surface area contributed by atoms with Crippen molar-refractivity contribution in [2.45, 2.75) is 49.9 Å². The second-order valence-corrected chi connectivity index (χ2v) is 10.0. The normalized spacial score (nSPS) is 19.1. The minimum atomic E-state index is -4.86. The van der Waals surface area contributed by atoms with Gasteiger partial charge in [-0.3, -0.25) is 9.78 Å². The highest BCUT2D eigenvalue weighted by atomic mass is 35.5. The molecule has 3 atom stereocenters. The van der Waals surface area contributed by atoms with Crippen molar-refractivity contribution in [3.63, 3.8) is 0 Å². The SMILES string of the molecule is O=C(NC1CCCCC1C(=O)O)N[C@@](Cc1ccccc1)(c1cc(F)cc(C(F)(F)F)c1)c1ccc(Cl)cn1. The van der Waals surface area contributed by atoms with Gasteiger partial charge in [-0.1, -0.05) is 54.8 Å². The summed E-state index contributed by atoms with van der Waals surface area (Å²) in [5.74, 6) is -3.01. The highest BCUT2D eigenvalue weighted by Gasteiger charge is 2.42. The summed E-state index contributed by atoms with van der Waals surface area (Å²) in [4.78, 5) is 29.6. The number of nitrogens with zero attached hydrogens (tertiary/aromatic N) is 1. The van der Waals surface area contributed by atoms with Gasteiger partial charge in [-0.15, -0.1) is 0 Å². The second-order valence-electron chi connectivity index (χ2n) is 9.59. The van der Waals surface area contributed by atoms with Gasteiger partial charge in [0.05, 0.1) is 22.2 Å². The summed E-state index contributed by atoms with van der Waals surface area (Å²) >= 11 is 6.03. The van der Waals surface area contributed by atoms with E-state index < -0.39 is 47.1 Å². The number of carboxylic acids is 1. The van der Waals surface area contributed by atoms with E-state index in [0.717, 1.165) is 12.1 Å². The third kappa shape index (κ3) is 6.68. The molecule has 1 saturated carbocycles. The molecule has 0 radical (unpaired) electrons. The largest absolute Gasteiger partial charge is 0.481 e. The van der Waals surface area contributed by atoms with Crippen LogP contribution in [0.25, 0.3) is 0 Å². The Kier molecular flexibility index (Phi) is 8.44. The third-order valence-corrected chi connectivity index (χ3v) is 7.14. The number of carbonyl (C=O) groups is 2. The second kappa shape index (κ2) is 11.6. The molecular formula is C28H26ClF4N3O3. The lowest BCUT2D eigenvalue weighted by atomic mass is 9.79. The van der Waals surface area contributed by atoms with E-state index in [1.54, 1.807) is 30.3 Å². The fourth-order valence-corrected chi connectivity index (χ4v) is 5.16. The van der Waals surface area contributed by atoms with Crippen LogP contribution >= 0.6 is 11.6 Å². The van der Waals surface area contributed by atoms with Crippen molar-refractivity contribution in [1.82, 2.24) is 15.6 Å². The zero-order chi connectivity index (χ0) is 28.2. The van der Waals surface area contributed by atoms with Gasteiger partial charge in [-0.05, 0) is 54.3 Å². The summed E-state index contributed by atoms with van der Waals surface area (Å²) < 4.78 is 56.0. The molecule has 1 aliphatic carbocycles. The zero-order valence-corrected chi connectivity index (χ0v) is 21.4. The number of carboxylic acid groups (broad SMARTS) is 1. The molecule has 0 spiro atoms. The van der Waals surface area contributed by atoms with E-state index in [1.807, 2.05) is 0 Å². The van der Waals surface area contributed by atoms with Crippen LogP contribution in [0.1, 0.15) is 48.1 Å². The van der Waals surface area contributed by atoms with Crippen LogP contribution in [0.15, 0.2) is 66.9 Å². The monoisotopic (exact) mass is 563 g/mol. The average Bonchev–Trinajstić information content (AvgIpc) is 2.88. The van der Waals surface area contributed by atoms with Gasteiger partial charge in [0, 0.05) is 18.7 Å². The van der Waals surface area contributed by atoms with Gasteiger partial charge in [0.25, 0.3) is 0 Å². The molecule has 1 fully saturated rings. The Morgan fingerprint density at radius 3 is 2.33 bits per heavy atom. The van der Waals surface area contributed by atoms with Crippen LogP contribution in [0.2, 0.25) is 5.02 Å². The van der Waals surface area contributed by atoms with E-state index in [9.17, 15) is 32.3 Å². The number of hydrogen-bond acceptors (Lipinski definition) is 3. The molecule has 0 aliphatic heterocycles. The molecule has 0 saturated heterocycles. The third-order valence-electron chi connectivity index (χ3n) is 6.92. The maximum absolute atomic E-state index is 14.7. The van der Waals surface area contributed by atoms with Gasteiger partial charge in [0.1, 0.15) is 11.4 Å². The maximum atomic E-state index is 14.7. The summed E-state index contributed by atoms with van der Waals surface area (Å²) in [7, 11) is 0. The van der Waals surface area contributed by atoms with Crippen molar-refractivity contribution < 1.29 is 32.3 Å². The van der Waals surface area contributed by atoms with E-state index in [-0.39, 0.29) is 22.7 Å². The van der Waals surface area contributed by atoms with Gasteiger partial charge in [0.15, 0.2) is 0 Å². The van der Waals surface area contributed by atoms with Crippen molar-refractivity contribution in [3.05, 3.63) is 100 Å². The van der Waals surface area contributed by atoms with E-state index in [2.05, 4.69) is 15.6 Å². The van der Waals surface area contributed by atoms with Gasteiger partial charge in [-0.2, -0.15) is 13.2 Å². The molecule has 1 heterocycles. The molecule has 11 heteroatoms. The first-order chi connectivity index (χ1) is 18.5. The first-order valence-electron chi connectivity index (χ1n) is 12.3. The van der Waals surface area contributed by atoms with Crippen molar-refractivity contribution in [2.24, 2.45) is 5.92 Å². The molecule has 2 amide bonds. The summed E-state index contributed by atoms with van der Waals surface area (Å²) in [6, 6.07) is 12.1. The number of amides is 2. The van der Waals surface area contributed by atoms with E-state index in [0.29, 0.717) is 37.3 Å². The Hall–Kier alpha value is -3.66. The average molecular weight is 564 g/mol. The van der Waals surface area contributed by atoms with Crippen LogP contribution in [0, 0.1) is 11.7 Å². The molecule has 39 heavy (non-hydrogen) atoms. The number of pyridine rings is 1. The standard InChI is InChI=1S/C28H26ClF4N3O3/c29-20-10-11-24(34-16-20)27(15-17-6-2-1-3-7-17,18-12-19(28(31,32)33)14-21(30)13-18)36-26(39)35-23-9-5-4-8-22(23)25(37)38/h1-3,6-7,10-14,16,22-23H,4-5,8-9,15H2,(H,37,38)(H2,35,36,39)/t22?,23?,27-/m0/s1. The zero-order valence-electron chi connectivity index (χ0n) is 20.6. The van der Waals surface area contributed by atoms with Crippen molar-refractivity contribution >= 4 is 23.6 Å². The summed E-state index contributed by atoms with van der Waals surface area (Å²) in [5, 5.41) is 15.3. The number of nitrogens with one attached hydrogen (secondary N) is 2. The molecule has 1 aromatic heterocycles. The van der Waals surface area contributed by atoms with Gasteiger partial charge in [-0.25, -0.2) is 9.18 Å². The minimum Gasteiger partial charge on any atom is -0.481 e. The highest BCUT2D eigenvalue weighted by molar-refractivity contribution is 6.30. The molecule has 3 N–H and O–H groups in total. The Morgan fingerprint density at radius 2 is 1.69 bits per heavy atom. The van der Waals surface area contributed by atoms with Gasteiger partial charge < -0.3 is 15.7 Å². The molecule has 2 aromatic carbocycles. The van der Waals surface area contributed by atoms with Crippen LogP contribution in [0.4, 0.5) is 22.4 Å². The predicted molar refractivity (Wildman–Crippen MR) is 137 cm³/mol. The number of aliphatic carboxylic acids is 1. The number of alkyl halides is 3. The maximum Gasteiger partial charge on any atom is 0.416 e. The van der Waals surface area contributed by atoms with Crippen molar-refractivity contribution in [2.75, 3.05) is 0 Å². The first-order valence-corrected chi connectivity index (χ1v) is 12.7. The molecule has 1 aliphatic rings. The molecule has 4 rings (SSSR count). The lowest BCUT2D eigenvalue weighted by Crippen LogP contribution is -2.56. The Balaban J connectivity index is 1.86. The van der Waals surface area contributed by atoms with E-state index in [4.69, 9.17) is 11.6 Å². The van der Waals surface area contributed by atoms with Crippen LogP contribution in [-0.2, 0) is 22.9 Å². The Morgan fingerprint density at radius 1 is 1.00 bits per heavy atom. The molecule has 2 unspecified atom stereocenters. The molecular weight excluding hydrogens is 538 g/mol. The lowest BCUT2D eigenvalue weighted by Gasteiger charge is -2.37. The lowest BCUT2D eigenvalue weighted by molar-refractivity contribution is -0.143. The molecule has 206 valence electrons. The van der Waals surface area contributed by atoms with Crippen LogP contribution in [0.5, 0.6) is 0 Å². The highest BCUT2D eigenvalue weighted by Crippen LogP contribution is 2.38. The predicted octanol–water partition coefficient (Wildman–Crippen LogP) is 6.32. The molecule has 0 bridgehead atoms. The van der Waals surface area contributed by atoms with Gasteiger partial charge >= 0.3 is 18.2 Å². The molecule has 6 nitrogen and oxygen atoms in total. The number of urea groups is 1. The first kappa shape index (κ1) is 28.4. The smallest absolute Gasteiger partial charge is 0.416 e. The Bertz CT molecular complexity index is 1320. The Labute approximate surface area is 227 Å². The van der Waals surface area contributed by atoms with Crippen LogP contribution < -0.4 is 10.6 Å². The number of rotatable bonds is 7. The number of carbonyl (C=O) groups excluding carboxylic acids is 1. The van der Waals surface area contributed by atoms with Crippen molar-refractivity contribution in [1.29, 1.82) is 0 Å². The summed E-state index contributed by atoms with van der Waals surface area (Å²) in [6.07, 6.45) is -1.46. The van der Waals surface area contributed by atoms with E-state index in [1.165, 1.54) is 18.3 Å². The quantitative estimate of drug-likeness (QED) is 0.293. The number of halogens is 5. The van der Waals surface area contributed by atoms with E-state index >= 15 is 0 Å². The van der Waals surface area contributed by atoms with Crippen molar-refractivity contribution in [3.8, 4) is 0 Å². The number of aromatic nitrogens is 1. The number of benzene rings is 2. The fraction of sp³-hybridized carbons (Fsp3) is 0.321. The van der Waals surface area contributed by atoms with Crippen LogP contribution in [-0.4, -0.2) is 28.1 Å².